The van der Waals surface area contributed by atoms with E-state index in [1.54, 1.807) is 6.92 Å². The molecule has 0 heterocycles. The van der Waals surface area contributed by atoms with E-state index < -0.39 is 17.5 Å². The minimum atomic E-state index is -1.39. The van der Waals surface area contributed by atoms with Gasteiger partial charge >= 0.3 is 11.9 Å². The Morgan fingerprint density at radius 1 is 1.33 bits per heavy atom. The lowest BCUT2D eigenvalue weighted by Gasteiger charge is -2.01. The summed E-state index contributed by atoms with van der Waals surface area (Å²) < 4.78 is 0. The van der Waals surface area contributed by atoms with Gasteiger partial charge in [0.15, 0.2) is 0 Å². The molecular weight excluding hydrogens is 160 g/mol. The average molecular weight is 172 g/mol. The third-order valence-electron chi connectivity index (χ3n) is 1.56. The summed E-state index contributed by atoms with van der Waals surface area (Å²) in [6.45, 7) is 3.63. The number of hydrogen-bond acceptors (Lipinski definition) is 2. The molecule has 4 nitrogen and oxygen atoms in total. The Labute approximate surface area is 70.5 Å². The maximum Gasteiger partial charge on any atom is 0.342 e. The number of carboxylic acid groups (broad SMARTS) is 2. The summed E-state index contributed by atoms with van der Waals surface area (Å²) in [7, 11) is 0. The molecule has 0 aromatic carbocycles. The van der Waals surface area contributed by atoms with E-state index >= 15 is 0 Å². The van der Waals surface area contributed by atoms with E-state index in [9.17, 15) is 9.59 Å². The van der Waals surface area contributed by atoms with Gasteiger partial charge in [0.2, 0.25) is 0 Å². The fourth-order valence-corrected chi connectivity index (χ4v) is 0.636. The third kappa shape index (κ3) is 3.18. The summed E-state index contributed by atoms with van der Waals surface area (Å²) in [5.41, 5.74) is -0.552. The monoisotopic (exact) mass is 172 g/mol. The van der Waals surface area contributed by atoms with E-state index in [0.717, 1.165) is 6.42 Å². The van der Waals surface area contributed by atoms with Gasteiger partial charge in [-0.1, -0.05) is 26.3 Å². The van der Waals surface area contributed by atoms with Gasteiger partial charge in [-0.05, 0) is 5.92 Å². The first-order valence-corrected chi connectivity index (χ1v) is 3.67. The molecule has 0 amide bonds. The molecule has 4 heteroatoms. The summed E-state index contributed by atoms with van der Waals surface area (Å²) in [6, 6.07) is 0. The molecule has 0 saturated carbocycles. The van der Waals surface area contributed by atoms with E-state index in [2.05, 4.69) is 0 Å². The van der Waals surface area contributed by atoms with Crippen LogP contribution in [0.2, 0.25) is 0 Å². The summed E-state index contributed by atoms with van der Waals surface area (Å²) in [5, 5.41) is 16.9. The number of carbonyl (C=O) groups is 2. The van der Waals surface area contributed by atoms with Crippen molar-refractivity contribution in [2.45, 2.75) is 20.3 Å². The molecule has 1 atom stereocenters. The van der Waals surface area contributed by atoms with Gasteiger partial charge in [-0.25, -0.2) is 9.59 Å². The Kier molecular flexibility index (Phi) is 4.04. The van der Waals surface area contributed by atoms with Crippen LogP contribution in [0.4, 0.5) is 0 Å². The molecule has 12 heavy (non-hydrogen) atoms. The van der Waals surface area contributed by atoms with Crippen LogP contribution in [0.15, 0.2) is 11.6 Å². The Bertz CT molecular complexity index is 201. The van der Waals surface area contributed by atoms with Gasteiger partial charge in [-0.2, -0.15) is 0 Å². The second kappa shape index (κ2) is 4.54. The highest BCUT2D eigenvalue weighted by atomic mass is 16.4. The van der Waals surface area contributed by atoms with Crippen molar-refractivity contribution < 1.29 is 19.8 Å². The highest BCUT2D eigenvalue weighted by Gasteiger charge is 2.16. The lowest BCUT2D eigenvalue weighted by Crippen LogP contribution is -2.12. The van der Waals surface area contributed by atoms with Crippen molar-refractivity contribution in [2.24, 2.45) is 5.92 Å². The van der Waals surface area contributed by atoms with Crippen molar-refractivity contribution in [3.8, 4) is 0 Å². The molecule has 0 rings (SSSR count). The van der Waals surface area contributed by atoms with Crippen LogP contribution in [-0.2, 0) is 9.59 Å². The van der Waals surface area contributed by atoms with Crippen LogP contribution < -0.4 is 0 Å². The SMILES string of the molecule is CCC(C)C=C(C(=O)O)C(=O)O. The molecular formula is C8H12O4. The van der Waals surface area contributed by atoms with Gasteiger partial charge < -0.3 is 10.2 Å². The van der Waals surface area contributed by atoms with Gasteiger partial charge in [-0.15, -0.1) is 0 Å². The normalized spacial score (nSPS) is 11.8. The molecule has 0 spiro atoms. The van der Waals surface area contributed by atoms with Gasteiger partial charge in [-0.3, -0.25) is 0 Å². The Hall–Kier alpha value is -1.32. The van der Waals surface area contributed by atoms with Crippen LogP contribution in [0, 0.1) is 5.92 Å². The molecule has 2 N–H and O–H groups in total. The molecule has 0 aliphatic rings. The standard InChI is InChI=1S/C8H12O4/c1-3-5(2)4-6(7(9)10)8(11)12/h4-5H,3H2,1-2H3,(H,9,10)(H,11,12). The van der Waals surface area contributed by atoms with Crippen molar-refractivity contribution in [1.29, 1.82) is 0 Å². The predicted molar refractivity (Wildman–Crippen MR) is 42.8 cm³/mol. The fourth-order valence-electron chi connectivity index (χ4n) is 0.636. The second-order valence-corrected chi connectivity index (χ2v) is 2.58. The van der Waals surface area contributed by atoms with Gasteiger partial charge in [0.1, 0.15) is 5.57 Å². The van der Waals surface area contributed by atoms with Crippen molar-refractivity contribution in [2.75, 3.05) is 0 Å². The minimum Gasteiger partial charge on any atom is -0.477 e. The maximum atomic E-state index is 10.3. The quantitative estimate of drug-likeness (QED) is 0.378. The minimum absolute atomic E-state index is 0.0211. The number of aliphatic carboxylic acids is 2. The van der Waals surface area contributed by atoms with E-state index in [4.69, 9.17) is 10.2 Å². The zero-order valence-corrected chi connectivity index (χ0v) is 7.07. The predicted octanol–water partition coefficient (Wildman–Crippen LogP) is 1.13. The molecule has 0 bridgehead atoms. The smallest absolute Gasteiger partial charge is 0.342 e. The molecule has 0 aromatic heterocycles. The molecule has 0 aromatic rings. The zero-order valence-electron chi connectivity index (χ0n) is 7.07. The third-order valence-corrected chi connectivity index (χ3v) is 1.56. The molecule has 0 aliphatic carbocycles. The van der Waals surface area contributed by atoms with E-state index in [0.29, 0.717) is 0 Å². The van der Waals surface area contributed by atoms with E-state index in [1.165, 1.54) is 6.08 Å². The van der Waals surface area contributed by atoms with Crippen LogP contribution >= 0.6 is 0 Å². The van der Waals surface area contributed by atoms with Crippen LogP contribution in [0.3, 0.4) is 0 Å². The number of allylic oxidation sites excluding steroid dienone is 1. The molecule has 0 saturated heterocycles. The first-order valence-electron chi connectivity index (χ1n) is 3.67. The molecule has 1 unspecified atom stereocenters. The average Bonchev–Trinajstić information content (AvgIpc) is 1.98. The van der Waals surface area contributed by atoms with E-state index in [1.807, 2.05) is 6.92 Å². The first kappa shape index (κ1) is 10.7. The second-order valence-electron chi connectivity index (χ2n) is 2.58. The maximum absolute atomic E-state index is 10.3. The van der Waals surface area contributed by atoms with Crippen molar-refractivity contribution in [1.82, 2.24) is 0 Å². The van der Waals surface area contributed by atoms with Gasteiger partial charge in [0, 0.05) is 0 Å². The van der Waals surface area contributed by atoms with Crippen LogP contribution in [0.1, 0.15) is 20.3 Å². The lowest BCUT2D eigenvalue weighted by molar-refractivity contribution is -0.140. The fraction of sp³-hybridized carbons (Fsp3) is 0.500. The number of rotatable bonds is 4. The summed E-state index contributed by atoms with van der Waals surface area (Å²) in [6.07, 6.45) is 1.98. The number of carboxylic acids is 2. The summed E-state index contributed by atoms with van der Waals surface area (Å²) in [5.74, 6) is -2.79. The topological polar surface area (TPSA) is 74.6 Å². The van der Waals surface area contributed by atoms with Crippen molar-refractivity contribution in [3.63, 3.8) is 0 Å². The number of hydrogen-bond donors (Lipinski definition) is 2. The van der Waals surface area contributed by atoms with Crippen molar-refractivity contribution in [3.05, 3.63) is 11.6 Å². The van der Waals surface area contributed by atoms with E-state index in [-0.39, 0.29) is 5.92 Å². The van der Waals surface area contributed by atoms with Gasteiger partial charge in [0.25, 0.3) is 0 Å². The Morgan fingerprint density at radius 2 is 1.75 bits per heavy atom. The summed E-state index contributed by atoms with van der Waals surface area (Å²) >= 11 is 0. The molecule has 68 valence electrons. The molecule has 0 aliphatic heterocycles. The Morgan fingerprint density at radius 3 is 2.00 bits per heavy atom. The zero-order chi connectivity index (χ0) is 9.72. The van der Waals surface area contributed by atoms with Crippen LogP contribution in [0.5, 0.6) is 0 Å². The van der Waals surface area contributed by atoms with Crippen molar-refractivity contribution >= 4 is 11.9 Å². The van der Waals surface area contributed by atoms with Gasteiger partial charge in [0.05, 0.1) is 0 Å². The van der Waals surface area contributed by atoms with Crippen LogP contribution in [0.25, 0.3) is 0 Å². The Balaban J connectivity index is 4.61. The lowest BCUT2D eigenvalue weighted by atomic mass is 10.1. The summed E-state index contributed by atoms with van der Waals surface area (Å²) in [4.78, 5) is 20.7. The molecule has 0 radical (unpaired) electrons. The highest BCUT2D eigenvalue weighted by Crippen LogP contribution is 2.07. The van der Waals surface area contributed by atoms with Crippen LogP contribution in [-0.4, -0.2) is 22.2 Å². The highest BCUT2D eigenvalue weighted by molar-refractivity contribution is 6.12. The first-order chi connectivity index (χ1) is 5.49. The largest absolute Gasteiger partial charge is 0.477 e. The molecule has 0 fully saturated rings.